The van der Waals surface area contributed by atoms with Crippen molar-refractivity contribution in [2.45, 2.75) is 140 Å². The van der Waals surface area contributed by atoms with E-state index in [0.29, 0.717) is 35.5 Å². The summed E-state index contributed by atoms with van der Waals surface area (Å²) in [5, 5.41) is 16.2. The molecule has 24 heteroatoms. The molecule has 2 aromatic carbocycles. The summed E-state index contributed by atoms with van der Waals surface area (Å²) in [5.74, 6) is -7.59. The third-order valence-corrected chi connectivity index (χ3v) is 13.5. The van der Waals surface area contributed by atoms with Crippen LogP contribution >= 0.6 is 0 Å². The predicted octanol–water partition coefficient (Wildman–Crippen LogP) is 2.60. The summed E-state index contributed by atoms with van der Waals surface area (Å²) in [6.07, 6.45) is -9.59. The van der Waals surface area contributed by atoms with Crippen molar-refractivity contribution in [2.24, 2.45) is 0 Å². The summed E-state index contributed by atoms with van der Waals surface area (Å²) in [6, 6.07) is 11.0. The van der Waals surface area contributed by atoms with Gasteiger partial charge in [0.2, 0.25) is 35.4 Å². The Morgan fingerprint density at radius 3 is 1.35 bits per heavy atom. The molecule has 0 aliphatic carbocycles. The number of alkyl halides is 6. The van der Waals surface area contributed by atoms with Crippen molar-refractivity contribution in [2.75, 3.05) is 59.9 Å². The molecule has 18 nitrogen and oxygen atoms in total. The topological polar surface area (TPSA) is 222 Å². The molecule has 2 aliphatic heterocycles. The van der Waals surface area contributed by atoms with Crippen LogP contribution in [0.25, 0.3) is 0 Å². The summed E-state index contributed by atoms with van der Waals surface area (Å²) in [6.45, 7) is 3.55. The molecule has 2 aromatic rings. The number of benzene rings is 2. The lowest BCUT2D eigenvalue weighted by molar-refractivity contribution is -0.186. The van der Waals surface area contributed by atoms with Gasteiger partial charge in [-0.05, 0) is 97.4 Å². The van der Waals surface area contributed by atoms with Crippen molar-refractivity contribution < 1.29 is 64.7 Å². The molecule has 8 amide bonds. The lowest BCUT2D eigenvalue weighted by atomic mass is 10.1. The van der Waals surface area contributed by atoms with Gasteiger partial charge in [0.05, 0.1) is 12.1 Å². The number of rotatable bonds is 27. The number of amides is 8. The van der Waals surface area contributed by atoms with E-state index < -0.39 is 115 Å². The first kappa shape index (κ1) is 61.2. The Hall–Kier alpha value is -6.30. The van der Waals surface area contributed by atoms with Crippen molar-refractivity contribution in [1.82, 2.24) is 51.5 Å². The van der Waals surface area contributed by atoms with Crippen molar-refractivity contribution in [3.63, 3.8) is 0 Å². The Morgan fingerprint density at radius 1 is 0.587 bits per heavy atom. The van der Waals surface area contributed by atoms with E-state index >= 15 is 0 Å². The second-order valence-electron chi connectivity index (χ2n) is 19.1. The Morgan fingerprint density at radius 2 is 0.973 bits per heavy atom. The fourth-order valence-corrected chi connectivity index (χ4v) is 8.94. The number of hydrogen-bond donors (Lipinski definition) is 6. The first-order valence-electron chi connectivity index (χ1n) is 25.4. The maximum Gasteiger partial charge on any atom is 0.471 e. The van der Waals surface area contributed by atoms with Gasteiger partial charge in [0.15, 0.2) is 0 Å². The molecule has 0 saturated carbocycles. The molecule has 7 atom stereocenters. The van der Waals surface area contributed by atoms with Crippen molar-refractivity contribution in [1.29, 1.82) is 0 Å². The molecular weight excluding hydrogens is 995 g/mol. The average Bonchev–Trinajstić information content (AvgIpc) is 4.06. The standard InChI is InChI=1S/C51H72F6N10O8/c1-33(61-43(69)23-21-41(63-45(71)35(3)59-5)47(73)67-27-13-19-39(67)32-65(49(75)51(55,56)57)29-25-37-16-10-7-11-17-37)30-60-42(68)22-20-40(62-44(70)34(2)58-4)46(72)66-26-12-18-38(66)31-64(48(74)50(52,53)54)28-24-36-14-8-6-9-15-36/h6-11,14-17,33-35,38-41,58-59H,12-13,18-32H2,1-5H3,(H,60,68)(H,61,69)(H,62,70)(H,63,71)/t33?,34-,35-,38-,39-,40-,41-/m0/s1. The number of nitrogens with one attached hydrogen (secondary N) is 6. The third-order valence-electron chi connectivity index (χ3n) is 13.5. The van der Waals surface area contributed by atoms with E-state index in [-0.39, 0.29) is 71.2 Å². The molecule has 416 valence electrons. The van der Waals surface area contributed by atoms with Crippen LogP contribution in [0.3, 0.4) is 0 Å². The minimum atomic E-state index is -5.16. The van der Waals surface area contributed by atoms with Crippen LogP contribution in [0.5, 0.6) is 0 Å². The summed E-state index contributed by atoms with van der Waals surface area (Å²) in [4.78, 5) is 110. The van der Waals surface area contributed by atoms with Crippen molar-refractivity contribution >= 4 is 47.3 Å². The van der Waals surface area contributed by atoms with E-state index in [2.05, 4.69) is 31.9 Å². The van der Waals surface area contributed by atoms with E-state index in [9.17, 15) is 64.7 Å². The number of likely N-dealkylation sites (N-methyl/N-ethyl adjacent to an activating group) is 2. The van der Waals surface area contributed by atoms with Crippen LogP contribution in [-0.4, -0.2) is 181 Å². The van der Waals surface area contributed by atoms with Gasteiger partial charge in [0.25, 0.3) is 0 Å². The quantitative estimate of drug-likeness (QED) is 0.0719. The summed E-state index contributed by atoms with van der Waals surface area (Å²) in [5.41, 5.74) is 1.43. The van der Waals surface area contributed by atoms with Gasteiger partial charge in [-0.15, -0.1) is 0 Å². The first-order valence-corrected chi connectivity index (χ1v) is 25.4. The highest BCUT2D eigenvalue weighted by Gasteiger charge is 2.46. The van der Waals surface area contributed by atoms with E-state index in [1.54, 1.807) is 81.4 Å². The molecule has 6 N–H and O–H groups in total. The second kappa shape index (κ2) is 29.1. The van der Waals surface area contributed by atoms with Gasteiger partial charge in [-0.3, -0.25) is 38.4 Å². The minimum Gasteiger partial charge on any atom is -0.354 e. The molecular formula is C51H72F6N10O8. The number of carbonyl (C=O) groups is 8. The van der Waals surface area contributed by atoms with E-state index in [1.165, 1.54) is 23.9 Å². The Kier molecular flexibility index (Phi) is 23.8. The number of hydrogen-bond acceptors (Lipinski definition) is 10. The lowest BCUT2D eigenvalue weighted by Gasteiger charge is -2.33. The fraction of sp³-hybridized carbons (Fsp3) is 0.608. The van der Waals surface area contributed by atoms with E-state index in [4.69, 9.17) is 0 Å². The number of halogens is 6. The van der Waals surface area contributed by atoms with Crippen LogP contribution in [0, 0.1) is 0 Å². The fourth-order valence-electron chi connectivity index (χ4n) is 8.94. The molecule has 75 heavy (non-hydrogen) atoms. The zero-order valence-corrected chi connectivity index (χ0v) is 43.2. The van der Waals surface area contributed by atoms with E-state index in [0.717, 1.165) is 11.1 Å². The molecule has 2 aliphatic rings. The minimum absolute atomic E-state index is 0.0990. The van der Waals surface area contributed by atoms with Crippen LogP contribution < -0.4 is 31.9 Å². The van der Waals surface area contributed by atoms with Crippen LogP contribution in [0.15, 0.2) is 60.7 Å². The Labute approximate surface area is 433 Å². The maximum atomic E-state index is 14.1. The Bertz CT molecular complexity index is 2230. The van der Waals surface area contributed by atoms with Gasteiger partial charge < -0.3 is 51.5 Å². The zero-order chi connectivity index (χ0) is 55.5. The van der Waals surface area contributed by atoms with Gasteiger partial charge >= 0.3 is 24.2 Å². The van der Waals surface area contributed by atoms with E-state index in [1.807, 2.05) is 0 Å². The average molecular weight is 1070 g/mol. The van der Waals surface area contributed by atoms with Crippen LogP contribution in [0.2, 0.25) is 0 Å². The molecule has 1 unspecified atom stereocenters. The maximum absolute atomic E-state index is 14.1. The van der Waals surface area contributed by atoms with Gasteiger partial charge in [0, 0.05) is 76.8 Å². The predicted molar refractivity (Wildman–Crippen MR) is 265 cm³/mol. The highest BCUT2D eigenvalue weighted by molar-refractivity contribution is 5.92. The molecule has 0 bridgehead atoms. The molecule has 0 spiro atoms. The normalized spacial score (nSPS) is 17.7. The summed E-state index contributed by atoms with van der Waals surface area (Å²) in [7, 11) is 3.05. The SMILES string of the molecule is CN[C@@H](C)C(=O)N[C@@H](CCC(=O)NCC(C)NC(=O)CC[C@H](NC(=O)[C@H](C)NC)C(=O)N1CCC[C@H]1CN(CCc1ccccc1)C(=O)C(F)(F)F)C(=O)N1CCC[C@H]1CN(CCc1ccccc1)C(=O)C(F)(F)F. The molecule has 2 saturated heterocycles. The van der Waals surface area contributed by atoms with Gasteiger partial charge in [-0.25, -0.2) is 0 Å². The number of carbonyl (C=O) groups excluding carboxylic acids is 8. The molecule has 0 aromatic heterocycles. The van der Waals surface area contributed by atoms with Crippen molar-refractivity contribution in [3.8, 4) is 0 Å². The highest BCUT2D eigenvalue weighted by atomic mass is 19.4. The van der Waals surface area contributed by atoms with Gasteiger partial charge in [-0.1, -0.05) is 60.7 Å². The molecule has 2 heterocycles. The van der Waals surface area contributed by atoms with Gasteiger partial charge in [-0.2, -0.15) is 26.3 Å². The molecule has 0 radical (unpaired) electrons. The number of nitrogens with zero attached hydrogens (tertiary/aromatic N) is 4. The zero-order valence-electron chi connectivity index (χ0n) is 43.2. The van der Waals surface area contributed by atoms with Crippen molar-refractivity contribution in [3.05, 3.63) is 71.8 Å². The smallest absolute Gasteiger partial charge is 0.354 e. The Balaban J connectivity index is 1.36. The molecule has 2 fully saturated rings. The van der Waals surface area contributed by atoms with Crippen LogP contribution in [0.1, 0.15) is 83.3 Å². The highest BCUT2D eigenvalue weighted by Crippen LogP contribution is 2.26. The first-order chi connectivity index (χ1) is 35.4. The van der Waals surface area contributed by atoms with Crippen LogP contribution in [-0.2, 0) is 51.2 Å². The second-order valence-corrected chi connectivity index (χ2v) is 19.1. The lowest BCUT2D eigenvalue weighted by Crippen LogP contribution is -2.56. The third kappa shape index (κ3) is 19.4. The van der Waals surface area contributed by atoms with Crippen LogP contribution in [0.4, 0.5) is 26.3 Å². The largest absolute Gasteiger partial charge is 0.471 e. The van der Waals surface area contributed by atoms with Gasteiger partial charge in [0.1, 0.15) is 12.1 Å². The summed E-state index contributed by atoms with van der Waals surface area (Å²) >= 11 is 0. The summed E-state index contributed by atoms with van der Waals surface area (Å²) < 4.78 is 82.7. The molecule has 4 rings (SSSR count). The monoisotopic (exact) mass is 1070 g/mol. The number of likely N-dealkylation sites (tertiary alicyclic amines) is 2.